The lowest BCUT2D eigenvalue weighted by Gasteiger charge is -2.18. The SMILES string of the molecule is CC(C)(C)c1ccc(/C=C\C(=O)N2CC[C@H](C(N)=O)C2)cc1. The van der Waals surface area contributed by atoms with Gasteiger partial charge in [0.15, 0.2) is 0 Å². The van der Waals surface area contributed by atoms with E-state index in [2.05, 4.69) is 32.9 Å². The molecule has 0 aromatic heterocycles. The second-order valence-corrected chi connectivity index (χ2v) is 6.88. The van der Waals surface area contributed by atoms with E-state index in [1.54, 1.807) is 11.0 Å². The topological polar surface area (TPSA) is 63.4 Å². The lowest BCUT2D eigenvalue weighted by atomic mass is 9.87. The molecule has 1 atom stereocenters. The standard InChI is InChI=1S/C18H24N2O2/c1-18(2,3)15-7-4-13(5-8-15)6-9-16(21)20-11-10-14(12-20)17(19)22/h4-9,14H,10-12H2,1-3H3,(H2,19,22)/b9-6-/t14-/m0/s1. The monoisotopic (exact) mass is 300 g/mol. The van der Waals surface area contributed by atoms with Crippen molar-refractivity contribution >= 4 is 17.9 Å². The molecule has 2 N–H and O–H groups in total. The molecule has 4 nitrogen and oxygen atoms in total. The summed E-state index contributed by atoms with van der Waals surface area (Å²) in [6.45, 7) is 7.54. The number of nitrogens with zero attached hydrogens (tertiary/aromatic N) is 1. The summed E-state index contributed by atoms with van der Waals surface area (Å²) in [5.41, 5.74) is 7.66. The molecule has 0 unspecified atom stereocenters. The van der Waals surface area contributed by atoms with Gasteiger partial charge in [-0.25, -0.2) is 0 Å². The molecule has 1 aliphatic rings. The van der Waals surface area contributed by atoms with Crippen molar-refractivity contribution in [3.8, 4) is 0 Å². The molecular formula is C18H24N2O2. The first-order chi connectivity index (χ1) is 10.3. The Bertz CT molecular complexity index is 582. The average Bonchev–Trinajstić information content (AvgIpc) is 2.94. The Labute approximate surface area is 132 Å². The van der Waals surface area contributed by atoms with Crippen LogP contribution in [0.2, 0.25) is 0 Å². The van der Waals surface area contributed by atoms with E-state index in [0.29, 0.717) is 19.5 Å². The third kappa shape index (κ3) is 3.97. The lowest BCUT2D eigenvalue weighted by Crippen LogP contribution is -2.30. The van der Waals surface area contributed by atoms with Crippen LogP contribution in [0.1, 0.15) is 38.3 Å². The first-order valence-corrected chi connectivity index (χ1v) is 7.64. The van der Waals surface area contributed by atoms with E-state index in [1.807, 2.05) is 18.2 Å². The Balaban J connectivity index is 1.97. The summed E-state index contributed by atoms with van der Waals surface area (Å²) in [6.07, 6.45) is 4.04. The second kappa shape index (κ2) is 6.34. The number of likely N-dealkylation sites (tertiary alicyclic amines) is 1. The van der Waals surface area contributed by atoms with Gasteiger partial charge in [0.2, 0.25) is 11.8 Å². The van der Waals surface area contributed by atoms with Gasteiger partial charge in [-0.1, -0.05) is 45.0 Å². The van der Waals surface area contributed by atoms with Gasteiger partial charge in [0.1, 0.15) is 0 Å². The van der Waals surface area contributed by atoms with Crippen LogP contribution in [-0.4, -0.2) is 29.8 Å². The summed E-state index contributed by atoms with van der Waals surface area (Å²) in [4.78, 5) is 24.9. The van der Waals surface area contributed by atoms with Crippen molar-refractivity contribution in [1.82, 2.24) is 4.90 Å². The normalized spacial score (nSPS) is 18.9. The number of primary amides is 1. The molecule has 2 amide bonds. The van der Waals surface area contributed by atoms with E-state index in [0.717, 1.165) is 5.56 Å². The predicted octanol–water partition coefficient (Wildman–Crippen LogP) is 2.33. The molecule has 0 aliphatic carbocycles. The van der Waals surface area contributed by atoms with Crippen molar-refractivity contribution in [2.24, 2.45) is 11.7 Å². The molecule has 118 valence electrons. The molecule has 1 heterocycles. The molecule has 1 saturated heterocycles. The molecule has 22 heavy (non-hydrogen) atoms. The maximum Gasteiger partial charge on any atom is 0.246 e. The van der Waals surface area contributed by atoms with E-state index >= 15 is 0 Å². The summed E-state index contributed by atoms with van der Waals surface area (Å²) in [6, 6.07) is 8.20. The van der Waals surface area contributed by atoms with Crippen LogP contribution in [0.5, 0.6) is 0 Å². The van der Waals surface area contributed by atoms with Crippen LogP contribution < -0.4 is 5.73 Å². The molecule has 2 rings (SSSR count). The highest BCUT2D eigenvalue weighted by atomic mass is 16.2. The van der Waals surface area contributed by atoms with Crippen LogP contribution in [0, 0.1) is 5.92 Å². The number of benzene rings is 1. The van der Waals surface area contributed by atoms with Gasteiger partial charge >= 0.3 is 0 Å². The first kappa shape index (κ1) is 16.3. The fourth-order valence-corrected chi connectivity index (χ4v) is 2.56. The van der Waals surface area contributed by atoms with Crippen LogP contribution in [0.4, 0.5) is 0 Å². The minimum atomic E-state index is -0.322. The highest BCUT2D eigenvalue weighted by Crippen LogP contribution is 2.22. The maximum absolute atomic E-state index is 12.1. The minimum absolute atomic E-state index is 0.0661. The van der Waals surface area contributed by atoms with E-state index in [1.165, 1.54) is 5.56 Å². The summed E-state index contributed by atoms with van der Waals surface area (Å²) in [5, 5.41) is 0. The van der Waals surface area contributed by atoms with Crippen molar-refractivity contribution in [2.45, 2.75) is 32.6 Å². The van der Waals surface area contributed by atoms with Crippen molar-refractivity contribution in [3.05, 3.63) is 41.5 Å². The number of carbonyl (C=O) groups is 2. The van der Waals surface area contributed by atoms with Crippen molar-refractivity contribution in [3.63, 3.8) is 0 Å². The molecular weight excluding hydrogens is 276 g/mol. The third-order valence-corrected chi connectivity index (χ3v) is 4.10. The average molecular weight is 300 g/mol. The van der Waals surface area contributed by atoms with Gasteiger partial charge in [0, 0.05) is 19.2 Å². The quantitative estimate of drug-likeness (QED) is 0.871. The number of hydrogen-bond donors (Lipinski definition) is 1. The molecule has 1 aromatic carbocycles. The van der Waals surface area contributed by atoms with Gasteiger partial charge < -0.3 is 10.6 Å². The lowest BCUT2D eigenvalue weighted by molar-refractivity contribution is -0.125. The number of hydrogen-bond acceptors (Lipinski definition) is 2. The largest absolute Gasteiger partial charge is 0.369 e. The van der Waals surface area contributed by atoms with E-state index in [-0.39, 0.29) is 23.1 Å². The smallest absolute Gasteiger partial charge is 0.246 e. The van der Waals surface area contributed by atoms with E-state index < -0.39 is 0 Å². The van der Waals surface area contributed by atoms with Gasteiger partial charge in [-0.05, 0) is 29.0 Å². The Morgan fingerprint density at radius 3 is 2.36 bits per heavy atom. The molecule has 1 aromatic rings. The van der Waals surface area contributed by atoms with Gasteiger partial charge in [-0.15, -0.1) is 0 Å². The van der Waals surface area contributed by atoms with Crippen molar-refractivity contribution in [1.29, 1.82) is 0 Å². The molecule has 1 fully saturated rings. The number of rotatable bonds is 3. The predicted molar refractivity (Wildman–Crippen MR) is 88.1 cm³/mol. The fraction of sp³-hybridized carbons (Fsp3) is 0.444. The Hall–Kier alpha value is -2.10. The van der Waals surface area contributed by atoms with Gasteiger partial charge in [0.25, 0.3) is 0 Å². The minimum Gasteiger partial charge on any atom is -0.369 e. The van der Waals surface area contributed by atoms with Gasteiger partial charge in [-0.3, -0.25) is 9.59 Å². The van der Waals surface area contributed by atoms with Crippen LogP contribution in [0.15, 0.2) is 30.3 Å². The maximum atomic E-state index is 12.1. The Morgan fingerprint density at radius 1 is 1.23 bits per heavy atom. The van der Waals surface area contributed by atoms with Crippen LogP contribution in [0.25, 0.3) is 6.08 Å². The zero-order valence-corrected chi connectivity index (χ0v) is 13.5. The molecule has 4 heteroatoms. The van der Waals surface area contributed by atoms with Gasteiger partial charge in [-0.2, -0.15) is 0 Å². The summed E-state index contributed by atoms with van der Waals surface area (Å²) >= 11 is 0. The van der Waals surface area contributed by atoms with Crippen molar-refractivity contribution in [2.75, 3.05) is 13.1 Å². The molecule has 0 bridgehead atoms. The second-order valence-electron chi connectivity index (χ2n) is 6.88. The summed E-state index contributed by atoms with van der Waals surface area (Å²) in [5.74, 6) is -0.593. The highest BCUT2D eigenvalue weighted by molar-refractivity contribution is 5.92. The molecule has 0 radical (unpaired) electrons. The summed E-state index contributed by atoms with van der Waals surface area (Å²) in [7, 11) is 0. The Morgan fingerprint density at radius 2 is 1.86 bits per heavy atom. The number of carbonyl (C=O) groups excluding carboxylic acids is 2. The molecule has 0 saturated carbocycles. The first-order valence-electron chi connectivity index (χ1n) is 7.64. The van der Waals surface area contributed by atoms with Crippen molar-refractivity contribution < 1.29 is 9.59 Å². The number of amides is 2. The zero-order valence-electron chi connectivity index (χ0n) is 13.5. The molecule has 1 aliphatic heterocycles. The van der Waals surface area contributed by atoms with Crippen LogP contribution in [-0.2, 0) is 15.0 Å². The van der Waals surface area contributed by atoms with E-state index in [9.17, 15) is 9.59 Å². The Kier molecular flexibility index (Phi) is 4.69. The van der Waals surface area contributed by atoms with Crippen LogP contribution >= 0.6 is 0 Å². The van der Waals surface area contributed by atoms with Crippen LogP contribution in [0.3, 0.4) is 0 Å². The third-order valence-electron chi connectivity index (χ3n) is 4.10. The summed E-state index contributed by atoms with van der Waals surface area (Å²) < 4.78 is 0. The van der Waals surface area contributed by atoms with Gasteiger partial charge in [0.05, 0.1) is 5.92 Å². The number of nitrogens with two attached hydrogens (primary N) is 1. The highest BCUT2D eigenvalue weighted by Gasteiger charge is 2.28. The molecule has 0 spiro atoms. The van der Waals surface area contributed by atoms with E-state index in [4.69, 9.17) is 5.73 Å². The zero-order chi connectivity index (χ0) is 16.3. The fourth-order valence-electron chi connectivity index (χ4n) is 2.56.